The lowest BCUT2D eigenvalue weighted by molar-refractivity contribution is -0.386. The number of rotatable bonds is 3. The second-order valence-electron chi connectivity index (χ2n) is 2.73. The van der Waals surface area contributed by atoms with Crippen LogP contribution in [0.2, 0.25) is 0 Å². The molecule has 0 aliphatic heterocycles. The molecule has 0 spiro atoms. The average Bonchev–Trinajstić information content (AvgIpc) is 2.17. The van der Waals surface area contributed by atoms with Crippen LogP contribution in [0, 0.1) is 21.4 Å². The number of pyridine rings is 1. The molecule has 8 heteroatoms. The predicted octanol–water partition coefficient (Wildman–Crippen LogP) is 2.76. The molecule has 0 radical (unpaired) electrons. The van der Waals surface area contributed by atoms with Gasteiger partial charge in [-0.25, -0.2) is 13.8 Å². The summed E-state index contributed by atoms with van der Waals surface area (Å²) in [6, 6.07) is 2.40. The van der Waals surface area contributed by atoms with Crippen LogP contribution < -0.4 is 0 Å². The Morgan fingerprint density at radius 2 is 2.31 bits per heavy atom. The standard InChI is InChI=1S/C8H4BrF2N3O2/c9-7-6(14(15)16)3-4(8(10)11)5(13-7)1-2-12/h3,8H,1H2. The van der Waals surface area contributed by atoms with E-state index < -0.39 is 22.6 Å². The van der Waals surface area contributed by atoms with E-state index in [0.29, 0.717) is 0 Å². The van der Waals surface area contributed by atoms with E-state index in [1.165, 1.54) is 0 Å². The molecule has 0 saturated carbocycles. The zero-order valence-electron chi connectivity index (χ0n) is 7.65. The molecule has 0 aliphatic carbocycles. The van der Waals surface area contributed by atoms with Gasteiger partial charge in [-0.2, -0.15) is 5.26 Å². The van der Waals surface area contributed by atoms with Crippen molar-refractivity contribution in [2.75, 3.05) is 0 Å². The van der Waals surface area contributed by atoms with Crippen LogP contribution in [0.4, 0.5) is 14.5 Å². The molecule has 1 rings (SSSR count). The fraction of sp³-hybridized carbons (Fsp3) is 0.250. The Morgan fingerprint density at radius 1 is 1.69 bits per heavy atom. The third kappa shape index (κ3) is 2.49. The van der Waals surface area contributed by atoms with Crippen molar-refractivity contribution in [2.45, 2.75) is 12.8 Å². The Morgan fingerprint density at radius 3 is 2.75 bits per heavy atom. The van der Waals surface area contributed by atoms with Gasteiger partial charge in [0.05, 0.1) is 23.1 Å². The number of hydrogen-bond acceptors (Lipinski definition) is 4. The highest BCUT2D eigenvalue weighted by Gasteiger charge is 2.22. The van der Waals surface area contributed by atoms with Crippen molar-refractivity contribution >= 4 is 21.6 Å². The molecule has 1 aromatic heterocycles. The fourth-order valence-electron chi connectivity index (χ4n) is 1.06. The number of nitro groups is 1. The van der Waals surface area contributed by atoms with Crippen LogP contribution in [0.5, 0.6) is 0 Å². The third-order valence-corrected chi connectivity index (χ3v) is 2.33. The van der Waals surface area contributed by atoms with Crippen LogP contribution in [0.15, 0.2) is 10.7 Å². The topological polar surface area (TPSA) is 79.8 Å². The molecule has 0 saturated heterocycles. The van der Waals surface area contributed by atoms with Gasteiger partial charge in [0.1, 0.15) is 0 Å². The minimum Gasteiger partial charge on any atom is -0.258 e. The molecule has 0 aromatic carbocycles. The van der Waals surface area contributed by atoms with Crippen molar-refractivity contribution in [3.05, 3.63) is 32.0 Å². The second-order valence-corrected chi connectivity index (χ2v) is 3.48. The number of aromatic nitrogens is 1. The van der Waals surface area contributed by atoms with Crippen LogP contribution in [0.1, 0.15) is 17.7 Å². The van der Waals surface area contributed by atoms with Gasteiger partial charge >= 0.3 is 5.69 Å². The lowest BCUT2D eigenvalue weighted by Gasteiger charge is -2.05. The van der Waals surface area contributed by atoms with Gasteiger partial charge in [0.15, 0.2) is 4.60 Å². The van der Waals surface area contributed by atoms with Crippen LogP contribution in [-0.4, -0.2) is 9.91 Å². The minimum atomic E-state index is -2.90. The molecule has 0 atom stereocenters. The monoisotopic (exact) mass is 291 g/mol. The summed E-state index contributed by atoms with van der Waals surface area (Å²) in [5.74, 6) is 0. The highest BCUT2D eigenvalue weighted by atomic mass is 79.9. The summed E-state index contributed by atoms with van der Waals surface area (Å²) in [6.45, 7) is 0. The zero-order chi connectivity index (χ0) is 12.3. The van der Waals surface area contributed by atoms with Crippen LogP contribution in [-0.2, 0) is 6.42 Å². The van der Waals surface area contributed by atoms with Crippen molar-refractivity contribution < 1.29 is 13.7 Å². The number of halogens is 3. The Kier molecular flexibility index (Phi) is 3.84. The number of nitrogens with zero attached hydrogens (tertiary/aromatic N) is 3. The summed E-state index contributed by atoms with van der Waals surface area (Å²) in [4.78, 5) is 13.2. The summed E-state index contributed by atoms with van der Waals surface area (Å²) in [6.07, 6.45) is -3.22. The quantitative estimate of drug-likeness (QED) is 0.487. The Hall–Kier alpha value is -1.62. The average molecular weight is 292 g/mol. The first-order valence-electron chi connectivity index (χ1n) is 3.96. The normalized spacial score (nSPS) is 10.2. The van der Waals surface area contributed by atoms with Gasteiger partial charge in [0.25, 0.3) is 6.43 Å². The van der Waals surface area contributed by atoms with E-state index in [4.69, 9.17) is 5.26 Å². The van der Waals surface area contributed by atoms with Crippen molar-refractivity contribution in [2.24, 2.45) is 0 Å². The SMILES string of the molecule is N#CCc1nc(Br)c([N+](=O)[O-])cc1C(F)F. The van der Waals surface area contributed by atoms with Crippen molar-refractivity contribution in [1.29, 1.82) is 5.26 Å². The molecule has 16 heavy (non-hydrogen) atoms. The lowest BCUT2D eigenvalue weighted by Crippen LogP contribution is -2.02. The molecular formula is C8H4BrF2N3O2. The van der Waals surface area contributed by atoms with Gasteiger partial charge in [-0.3, -0.25) is 10.1 Å². The van der Waals surface area contributed by atoms with Gasteiger partial charge < -0.3 is 0 Å². The van der Waals surface area contributed by atoms with Gasteiger partial charge in [-0.1, -0.05) is 0 Å². The molecule has 1 aromatic rings. The maximum absolute atomic E-state index is 12.5. The van der Waals surface area contributed by atoms with Gasteiger partial charge in [-0.05, 0) is 15.9 Å². The lowest BCUT2D eigenvalue weighted by atomic mass is 10.1. The van der Waals surface area contributed by atoms with E-state index >= 15 is 0 Å². The highest BCUT2D eigenvalue weighted by Crippen LogP contribution is 2.30. The van der Waals surface area contributed by atoms with Crippen LogP contribution >= 0.6 is 15.9 Å². The Bertz CT molecular complexity index is 473. The fourth-order valence-corrected chi connectivity index (χ4v) is 1.54. The van der Waals surface area contributed by atoms with E-state index in [2.05, 4.69) is 20.9 Å². The van der Waals surface area contributed by atoms with Crippen molar-refractivity contribution in [1.82, 2.24) is 4.98 Å². The van der Waals surface area contributed by atoms with Crippen molar-refractivity contribution in [3.8, 4) is 6.07 Å². The molecule has 84 valence electrons. The minimum absolute atomic E-state index is 0.157. The number of hydrogen-bond donors (Lipinski definition) is 0. The molecule has 0 fully saturated rings. The second kappa shape index (κ2) is 4.94. The summed E-state index contributed by atoms with van der Waals surface area (Å²) >= 11 is 2.79. The van der Waals surface area contributed by atoms with Gasteiger partial charge in [-0.15, -0.1) is 0 Å². The highest BCUT2D eigenvalue weighted by molar-refractivity contribution is 9.10. The molecule has 1 heterocycles. The zero-order valence-corrected chi connectivity index (χ0v) is 9.24. The number of nitriles is 1. The maximum Gasteiger partial charge on any atom is 0.302 e. The summed E-state index contributed by atoms with van der Waals surface area (Å²) in [7, 11) is 0. The van der Waals surface area contributed by atoms with Gasteiger partial charge in [0.2, 0.25) is 0 Å². The van der Waals surface area contributed by atoms with Gasteiger partial charge in [0, 0.05) is 11.6 Å². The molecule has 0 unspecified atom stereocenters. The van der Waals surface area contributed by atoms with E-state index in [1.54, 1.807) is 6.07 Å². The van der Waals surface area contributed by atoms with E-state index in [0.717, 1.165) is 6.07 Å². The molecule has 0 bridgehead atoms. The predicted molar refractivity (Wildman–Crippen MR) is 52.9 cm³/mol. The van der Waals surface area contributed by atoms with E-state index in [1.807, 2.05) is 0 Å². The van der Waals surface area contributed by atoms with E-state index in [9.17, 15) is 18.9 Å². The molecule has 0 amide bonds. The summed E-state index contributed by atoms with van der Waals surface area (Å²) < 4.78 is 24.9. The first-order chi connectivity index (χ1) is 7.47. The summed E-state index contributed by atoms with van der Waals surface area (Å²) in [5, 5.41) is 18.9. The first kappa shape index (κ1) is 12.4. The molecular weight excluding hydrogens is 288 g/mol. The smallest absolute Gasteiger partial charge is 0.258 e. The maximum atomic E-state index is 12.5. The third-order valence-electron chi connectivity index (χ3n) is 1.75. The molecule has 0 N–H and O–H groups in total. The molecule has 5 nitrogen and oxygen atoms in total. The van der Waals surface area contributed by atoms with Crippen LogP contribution in [0.3, 0.4) is 0 Å². The first-order valence-corrected chi connectivity index (χ1v) is 4.75. The Labute approximate surface area is 97.0 Å². The largest absolute Gasteiger partial charge is 0.302 e. The summed E-state index contributed by atoms with van der Waals surface area (Å²) in [5.41, 5.74) is -1.29. The van der Waals surface area contributed by atoms with E-state index in [-0.39, 0.29) is 16.7 Å². The molecule has 0 aliphatic rings. The van der Waals surface area contributed by atoms with Crippen LogP contribution in [0.25, 0.3) is 0 Å². The Balaban J connectivity index is 3.38. The van der Waals surface area contributed by atoms with Crippen molar-refractivity contribution in [3.63, 3.8) is 0 Å². The number of alkyl halides is 2.